The molecule has 0 radical (unpaired) electrons. The Labute approximate surface area is 165 Å². The van der Waals surface area contributed by atoms with Crippen molar-refractivity contribution in [2.45, 2.75) is 37.4 Å². The highest BCUT2D eigenvalue weighted by atomic mass is 32.3. The van der Waals surface area contributed by atoms with E-state index < -0.39 is 46.1 Å². The summed E-state index contributed by atoms with van der Waals surface area (Å²) in [5.74, 6) is -0.828. The Morgan fingerprint density at radius 2 is 2.00 bits per heavy atom. The van der Waals surface area contributed by atoms with Crippen molar-refractivity contribution < 1.29 is 41.3 Å². The van der Waals surface area contributed by atoms with E-state index in [1.165, 1.54) is 0 Å². The minimum absolute atomic E-state index is 0.0647. The van der Waals surface area contributed by atoms with Crippen molar-refractivity contribution >= 4 is 28.4 Å². The van der Waals surface area contributed by atoms with E-state index in [-0.39, 0.29) is 19.4 Å². The molecule has 2 bridgehead atoms. The summed E-state index contributed by atoms with van der Waals surface area (Å²) in [6.45, 7) is 1.60. The predicted octanol–water partition coefficient (Wildman–Crippen LogP) is -2.13. The van der Waals surface area contributed by atoms with Gasteiger partial charge in [0.25, 0.3) is 5.91 Å². The number of rotatable bonds is 5. The van der Waals surface area contributed by atoms with Gasteiger partial charge in [-0.05, 0) is 12.8 Å². The number of hydrogen-bond donors (Lipinski definition) is 3. The summed E-state index contributed by atoms with van der Waals surface area (Å²) in [6, 6.07) is 2.85. The number of carboxylic acid groups (broad SMARTS) is 1. The highest BCUT2D eigenvalue weighted by molar-refractivity contribution is 7.80. The van der Waals surface area contributed by atoms with Crippen molar-refractivity contribution in [2.75, 3.05) is 6.54 Å². The molecular weight excluding hydrogens is 410 g/mol. The van der Waals surface area contributed by atoms with Crippen LogP contribution in [0.15, 0.2) is 30.6 Å². The second-order valence-corrected chi connectivity index (χ2v) is 7.71. The lowest BCUT2D eigenvalue weighted by molar-refractivity contribution is -0.728. The molecule has 0 saturated carbocycles. The van der Waals surface area contributed by atoms with Crippen molar-refractivity contribution in [1.82, 2.24) is 20.8 Å². The number of hydroxylamine groups is 2. The number of nitrogens with zero attached hydrogens (tertiary/aromatic N) is 3. The third-order valence-electron chi connectivity index (χ3n) is 5.21. The molecule has 4 amide bonds. The molecule has 0 aliphatic carbocycles. The second kappa shape index (κ2) is 7.46. The smallest absolute Gasteiger partial charge is 0.418 e. The number of urea groups is 1. The van der Waals surface area contributed by atoms with Gasteiger partial charge in [0, 0.05) is 25.6 Å². The van der Waals surface area contributed by atoms with E-state index >= 15 is 0 Å². The van der Waals surface area contributed by atoms with Gasteiger partial charge < -0.3 is 9.90 Å². The van der Waals surface area contributed by atoms with Crippen LogP contribution in [0, 0.1) is 0 Å². The standard InChI is InChI=1S/C15H19N5O8S/c1-10(18-7-3-2-4-8-18)15(12(21)16-17-13(22)23)6-5-11-9-19(15)14(24)20(11)28-29(25,26)27/h2-4,7-8,10-11,17H,5-6,9H2,1H3,(H2-,16,21,22,23,25,26,27)/t10?,11-,15+/m1/s1. The van der Waals surface area contributed by atoms with Crippen molar-refractivity contribution in [1.29, 1.82) is 0 Å². The highest BCUT2D eigenvalue weighted by Gasteiger charge is 2.63. The van der Waals surface area contributed by atoms with Crippen LogP contribution in [0.25, 0.3) is 0 Å². The van der Waals surface area contributed by atoms with E-state index in [2.05, 4.69) is 4.28 Å². The lowest BCUT2D eigenvalue weighted by Crippen LogP contribution is -2.70. The Hall–Kier alpha value is -2.97. The van der Waals surface area contributed by atoms with E-state index in [4.69, 9.17) is 4.55 Å². The van der Waals surface area contributed by atoms with Crippen molar-refractivity contribution in [3.63, 3.8) is 0 Å². The summed E-state index contributed by atoms with van der Waals surface area (Å²) in [4.78, 5) is 37.8. The quantitative estimate of drug-likeness (QED) is 0.270. The van der Waals surface area contributed by atoms with Crippen molar-refractivity contribution in [2.24, 2.45) is 0 Å². The van der Waals surface area contributed by atoms with Crippen LogP contribution in [-0.2, 0) is 19.5 Å². The van der Waals surface area contributed by atoms with Crippen LogP contribution in [0.5, 0.6) is 0 Å². The Balaban J connectivity index is 2.01. The summed E-state index contributed by atoms with van der Waals surface area (Å²) in [5, 5.41) is 11.2. The first kappa shape index (κ1) is 20.8. The molecule has 3 N–H and O–H groups in total. The monoisotopic (exact) mass is 429 g/mol. The molecule has 14 heteroatoms. The van der Waals surface area contributed by atoms with E-state index in [1.54, 1.807) is 47.5 Å². The molecular formula is C15H19N5O8S. The normalized spacial score (nSPS) is 24.9. The molecule has 1 aromatic heterocycles. The van der Waals surface area contributed by atoms with Gasteiger partial charge in [0.15, 0.2) is 30.1 Å². The fourth-order valence-electron chi connectivity index (χ4n) is 3.89. The van der Waals surface area contributed by atoms with Gasteiger partial charge in [-0.3, -0.25) is 25.1 Å². The van der Waals surface area contributed by atoms with E-state index in [1.807, 2.05) is 5.43 Å². The third kappa shape index (κ3) is 3.81. The van der Waals surface area contributed by atoms with Gasteiger partial charge in [-0.1, -0.05) is 6.07 Å². The molecule has 2 saturated heterocycles. The number of pyridine rings is 1. The lowest BCUT2D eigenvalue weighted by Gasteiger charge is -2.42. The minimum Gasteiger partial charge on any atom is -0.529 e. The largest absolute Gasteiger partial charge is 0.529 e. The lowest BCUT2D eigenvalue weighted by atomic mass is 9.79. The zero-order chi connectivity index (χ0) is 21.4. The van der Waals surface area contributed by atoms with Crippen LogP contribution in [0.1, 0.15) is 25.8 Å². The summed E-state index contributed by atoms with van der Waals surface area (Å²) in [6.07, 6.45) is 1.83. The molecule has 2 aliphatic rings. The van der Waals surface area contributed by atoms with Gasteiger partial charge in [0.05, 0.1) is 6.04 Å². The van der Waals surface area contributed by atoms with Crippen molar-refractivity contribution in [3.05, 3.63) is 30.6 Å². The summed E-state index contributed by atoms with van der Waals surface area (Å²) < 4.78 is 37.2. The first-order valence-corrected chi connectivity index (χ1v) is 9.94. The number of amides is 4. The molecule has 1 unspecified atom stereocenters. The van der Waals surface area contributed by atoms with Gasteiger partial charge in [-0.2, -0.15) is 18.0 Å². The average molecular weight is 429 g/mol. The Morgan fingerprint density at radius 1 is 1.34 bits per heavy atom. The Morgan fingerprint density at radius 3 is 2.59 bits per heavy atom. The Bertz CT molecular complexity index is 926. The van der Waals surface area contributed by atoms with Crippen LogP contribution in [0.3, 0.4) is 0 Å². The number of hydrazine groups is 1. The van der Waals surface area contributed by atoms with Gasteiger partial charge in [-0.25, -0.2) is 4.79 Å². The van der Waals surface area contributed by atoms with Gasteiger partial charge in [-0.15, -0.1) is 4.28 Å². The van der Waals surface area contributed by atoms with E-state index in [0.717, 1.165) is 4.90 Å². The van der Waals surface area contributed by atoms with Crippen LogP contribution >= 0.6 is 0 Å². The number of nitrogens with one attached hydrogen (secondary N) is 2. The van der Waals surface area contributed by atoms with Crippen LogP contribution < -0.4 is 20.5 Å². The van der Waals surface area contributed by atoms with Crippen LogP contribution in [-0.4, -0.2) is 59.1 Å². The van der Waals surface area contributed by atoms with E-state index in [0.29, 0.717) is 5.06 Å². The number of carbonyl (C=O) groups is 3. The first-order chi connectivity index (χ1) is 13.6. The Kier molecular flexibility index (Phi) is 5.34. The third-order valence-corrected chi connectivity index (χ3v) is 5.56. The molecule has 29 heavy (non-hydrogen) atoms. The fourth-order valence-corrected chi connectivity index (χ4v) is 4.28. The molecule has 3 heterocycles. The molecule has 3 rings (SSSR count). The number of aromatic nitrogens is 1. The van der Waals surface area contributed by atoms with Crippen LogP contribution in [0.2, 0.25) is 0 Å². The summed E-state index contributed by atoms with van der Waals surface area (Å²) in [5.41, 5.74) is 2.11. The number of fused-ring (bicyclic) bond motifs is 2. The SMILES string of the molecule is CC([n+]1ccccc1)[C@]1(C(=O)NNC(=O)[O-])CC[C@@H]2CN1C(=O)N2OS(=O)(=O)O. The fraction of sp³-hybridized carbons (Fsp3) is 0.467. The molecule has 158 valence electrons. The second-order valence-electron chi connectivity index (χ2n) is 6.70. The van der Waals surface area contributed by atoms with E-state index in [9.17, 15) is 27.9 Å². The topological polar surface area (TPSA) is 172 Å². The minimum atomic E-state index is -4.96. The zero-order valence-electron chi connectivity index (χ0n) is 15.2. The zero-order valence-corrected chi connectivity index (χ0v) is 16.0. The molecule has 13 nitrogen and oxygen atoms in total. The predicted molar refractivity (Wildman–Crippen MR) is 90.4 cm³/mol. The van der Waals surface area contributed by atoms with Gasteiger partial charge in [0.2, 0.25) is 0 Å². The molecule has 3 atom stereocenters. The van der Waals surface area contributed by atoms with Gasteiger partial charge in [0.1, 0.15) is 0 Å². The summed E-state index contributed by atoms with van der Waals surface area (Å²) >= 11 is 0. The van der Waals surface area contributed by atoms with Gasteiger partial charge >= 0.3 is 16.4 Å². The maximum absolute atomic E-state index is 13.1. The van der Waals surface area contributed by atoms with Crippen LogP contribution in [0.4, 0.5) is 9.59 Å². The van der Waals surface area contributed by atoms with Crippen molar-refractivity contribution in [3.8, 4) is 0 Å². The summed E-state index contributed by atoms with van der Waals surface area (Å²) in [7, 11) is -4.96. The molecule has 2 aliphatic heterocycles. The highest BCUT2D eigenvalue weighted by Crippen LogP contribution is 2.42. The maximum Gasteiger partial charge on any atom is 0.418 e. The number of carbonyl (C=O) groups excluding carboxylic acids is 3. The maximum atomic E-state index is 13.1. The molecule has 0 spiro atoms. The molecule has 2 fully saturated rings. The number of hydrogen-bond acceptors (Lipinski definition) is 7. The molecule has 1 aromatic rings. The molecule has 0 aromatic carbocycles. The number of piperidine rings is 1. The first-order valence-electron chi connectivity index (χ1n) is 8.57. The average Bonchev–Trinajstić information content (AvgIpc) is 2.91.